The smallest absolute Gasteiger partial charge is 0.338 e. The Morgan fingerprint density at radius 2 is 1.40 bits per heavy atom. The normalized spacial score (nSPS) is 19.7. The number of hydrogen-bond donors (Lipinski definition) is 0. The molecule has 0 unspecified atom stereocenters. The number of methoxy groups -OCH3 is 1. The number of benzene rings is 2. The lowest BCUT2D eigenvalue weighted by atomic mass is 9.98. The van der Waals surface area contributed by atoms with Crippen LogP contribution in [0, 0.1) is 0 Å². The van der Waals surface area contributed by atoms with Crippen LogP contribution < -0.4 is 4.74 Å². The molecule has 330 valence electrons. The molecule has 1 aliphatic rings. The van der Waals surface area contributed by atoms with Gasteiger partial charge in [0.25, 0.3) is 0 Å². The Labute approximate surface area is 354 Å². The second-order valence-electron chi connectivity index (χ2n) is 14.7. The van der Waals surface area contributed by atoms with Crippen LogP contribution in [0.5, 0.6) is 5.75 Å². The van der Waals surface area contributed by atoms with E-state index in [2.05, 4.69) is 16.9 Å². The quantitative estimate of drug-likeness (QED) is 0.0151. The summed E-state index contributed by atoms with van der Waals surface area (Å²) in [6.07, 6.45) is 10.2. The molecule has 0 aromatic heterocycles. The van der Waals surface area contributed by atoms with Crippen molar-refractivity contribution in [3.05, 3.63) is 88.3 Å². The van der Waals surface area contributed by atoms with Crippen molar-refractivity contribution >= 4 is 23.9 Å². The van der Waals surface area contributed by atoms with Gasteiger partial charge in [-0.2, -0.15) is 0 Å². The summed E-state index contributed by atoms with van der Waals surface area (Å²) in [5, 5.41) is 3.97. The number of rotatable bonds is 28. The summed E-state index contributed by atoms with van der Waals surface area (Å²) in [4.78, 5) is 53.1. The minimum absolute atomic E-state index is 0.0318. The fourth-order valence-electron chi connectivity index (χ4n) is 6.72. The lowest BCUT2D eigenvalue weighted by Crippen LogP contribution is -2.62. The largest absolute Gasteiger partial charge is 0.497 e. The molecule has 1 heterocycles. The minimum atomic E-state index is -1.37. The Hall–Kier alpha value is -4.95. The van der Waals surface area contributed by atoms with Gasteiger partial charge in [-0.15, -0.1) is 0 Å². The molecule has 0 N–H and O–H groups in total. The zero-order valence-electron chi connectivity index (χ0n) is 35.7. The standard InChI is InChI=1S/C45H63N3O12/c1-6-7-8-9-10-11-12-13-14-15-16-17-21-24-39(59-44(52)36-22-19-18-20-23-36)38(47-48-46)30-56-45-43(55-29-35-25-27-37(53-5)28-26-35)42(58-34(4)51)41(57-33(3)50)40(60-45)31-54-32(2)49/h18-28,38-43,45H,6-17,29-31H2,1-5H3/t38-,39+,40+,41-,42-,43+,45-/m0/s1. The van der Waals surface area contributed by atoms with Crippen LogP contribution in [0.2, 0.25) is 0 Å². The molecule has 2 aromatic carbocycles. The second-order valence-corrected chi connectivity index (χ2v) is 14.7. The molecule has 1 fully saturated rings. The number of carbonyl (C=O) groups excluding carboxylic acids is 4. The molecular formula is C45H63N3O12. The zero-order valence-corrected chi connectivity index (χ0v) is 35.7. The summed E-state index contributed by atoms with van der Waals surface area (Å²) < 4.78 is 46.6. The first kappa shape index (κ1) is 49.4. The van der Waals surface area contributed by atoms with Crippen LogP contribution in [0.4, 0.5) is 0 Å². The molecule has 60 heavy (non-hydrogen) atoms. The van der Waals surface area contributed by atoms with Crippen molar-refractivity contribution in [1.29, 1.82) is 0 Å². The van der Waals surface area contributed by atoms with Gasteiger partial charge in [0.2, 0.25) is 0 Å². The number of azide groups is 1. The summed E-state index contributed by atoms with van der Waals surface area (Å²) in [6.45, 7) is 5.00. The molecule has 0 radical (unpaired) electrons. The molecule has 2 aromatic rings. The molecule has 15 heteroatoms. The first-order valence-corrected chi connectivity index (χ1v) is 21.0. The monoisotopic (exact) mass is 837 g/mol. The van der Waals surface area contributed by atoms with Gasteiger partial charge in [0, 0.05) is 25.7 Å². The Morgan fingerprint density at radius 1 is 0.783 bits per heavy atom. The van der Waals surface area contributed by atoms with E-state index in [4.69, 9.17) is 37.9 Å². The maximum absolute atomic E-state index is 13.3. The van der Waals surface area contributed by atoms with Crippen LogP contribution in [0.3, 0.4) is 0 Å². The Kier molecular flexibility index (Phi) is 23.5. The van der Waals surface area contributed by atoms with E-state index in [0.717, 1.165) is 19.3 Å². The van der Waals surface area contributed by atoms with Gasteiger partial charge >= 0.3 is 23.9 Å². The van der Waals surface area contributed by atoms with Gasteiger partial charge in [0.05, 0.1) is 25.9 Å². The minimum Gasteiger partial charge on any atom is -0.497 e. The van der Waals surface area contributed by atoms with Crippen molar-refractivity contribution in [1.82, 2.24) is 0 Å². The third kappa shape index (κ3) is 18.5. The predicted octanol–water partition coefficient (Wildman–Crippen LogP) is 8.91. The molecule has 0 aliphatic carbocycles. The van der Waals surface area contributed by atoms with Crippen LogP contribution in [-0.4, -0.2) is 87.1 Å². The van der Waals surface area contributed by atoms with Crippen LogP contribution in [0.25, 0.3) is 10.4 Å². The zero-order chi connectivity index (χ0) is 43.5. The van der Waals surface area contributed by atoms with Crippen molar-refractivity contribution < 1.29 is 57.1 Å². The van der Waals surface area contributed by atoms with Gasteiger partial charge < -0.3 is 37.9 Å². The summed E-state index contributed by atoms with van der Waals surface area (Å²) in [6, 6.07) is 14.4. The van der Waals surface area contributed by atoms with Crippen molar-refractivity contribution in [2.45, 2.75) is 154 Å². The van der Waals surface area contributed by atoms with Gasteiger partial charge in [-0.25, -0.2) is 4.79 Å². The third-order valence-electron chi connectivity index (χ3n) is 9.81. The maximum atomic E-state index is 13.3. The molecule has 1 saturated heterocycles. The van der Waals surface area contributed by atoms with E-state index in [9.17, 15) is 24.7 Å². The number of nitrogens with zero attached hydrogens (tertiary/aromatic N) is 3. The number of ether oxygens (including phenoxy) is 8. The summed E-state index contributed by atoms with van der Waals surface area (Å²) in [5.41, 5.74) is 10.7. The van der Waals surface area contributed by atoms with Crippen LogP contribution in [-0.2, 0) is 54.1 Å². The highest BCUT2D eigenvalue weighted by Crippen LogP contribution is 2.31. The fraction of sp³-hybridized carbons (Fsp3) is 0.600. The van der Waals surface area contributed by atoms with Gasteiger partial charge in [-0.3, -0.25) is 14.4 Å². The molecule has 0 amide bonds. The Bertz CT molecular complexity index is 1650. The molecule has 0 saturated carbocycles. The number of carbonyl (C=O) groups is 4. The molecule has 3 rings (SSSR count). The van der Waals surface area contributed by atoms with Crippen molar-refractivity contribution in [3.8, 4) is 5.75 Å². The molecular weight excluding hydrogens is 775 g/mol. The SMILES string of the molecule is CCCCCCCCCCCCCC=C[C@@H](OC(=O)c1ccccc1)[C@H](CO[C@H]1O[C@H](COC(C)=O)[C@H](OC(C)=O)[C@H](OC(C)=O)[C@H]1OCc1ccc(OC)cc1)N=[N+]=[N-]. The van der Waals surface area contributed by atoms with E-state index in [1.165, 1.54) is 72.1 Å². The summed E-state index contributed by atoms with van der Waals surface area (Å²) in [7, 11) is 1.55. The lowest BCUT2D eigenvalue weighted by molar-refractivity contribution is -0.316. The van der Waals surface area contributed by atoms with Gasteiger partial charge in [0.1, 0.15) is 36.7 Å². The average Bonchev–Trinajstić information content (AvgIpc) is 3.23. The first-order chi connectivity index (χ1) is 29.1. The fourth-order valence-corrected chi connectivity index (χ4v) is 6.72. The predicted molar refractivity (Wildman–Crippen MR) is 223 cm³/mol. The van der Waals surface area contributed by atoms with E-state index < -0.39 is 73.3 Å². The van der Waals surface area contributed by atoms with Crippen molar-refractivity contribution in [2.24, 2.45) is 5.11 Å². The van der Waals surface area contributed by atoms with Crippen LogP contribution in [0.15, 0.2) is 71.9 Å². The number of unbranched alkanes of at least 4 members (excludes halogenated alkanes) is 11. The van der Waals surface area contributed by atoms with Gasteiger partial charge in [-0.1, -0.05) is 113 Å². The third-order valence-corrected chi connectivity index (χ3v) is 9.81. The molecule has 0 bridgehead atoms. The number of hydrogen-bond acceptors (Lipinski definition) is 13. The maximum Gasteiger partial charge on any atom is 0.338 e. The van der Waals surface area contributed by atoms with Crippen molar-refractivity contribution in [2.75, 3.05) is 20.3 Å². The number of allylic oxidation sites excluding steroid dienone is 1. The lowest BCUT2D eigenvalue weighted by Gasteiger charge is -2.44. The summed E-state index contributed by atoms with van der Waals surface area (Å²) >= 11 is 0. The highest BCUT2D eigenvalue weighted by Gasteiger charge is 2.52. The Balaban J connectivity index is 1.84. The number of esters is 4. The highest BCUT2D eigenvalue weighted by molar-refractivity contribution is 5.89. The van der Waals surface area contributed by atoms with E-state index in [-0.39, 0.29) is 13.2 Å². The highest BCUT2D eigenvalue weighted by atomic mass is 16.7. The van der Waals surface area contributed by atoms with Crippen LogP contribution >= 0.6 is 0 Å². The molecule has 7 atom stereocenters. The average molecular weight is 838 g/mol. The first-order valence-electron chi connectivity index (χ1n) is 21.0. The van der Waals surface area contributed by atoms with E-state index in [1.807, 2.05) is 6.08 Å². The van der Waals surface area contributed by atoms with Crippen molar-refractivity contribution in [3.63, 3.8) is 0 Å². The molecule has 1 aliphatic heterocycles. The van der Waals surface area contributed by atoms with Gasteiger partial charge in [0.15, 0.2) is 18.5 Å². The van der Waals surface area contributed by atoms with Gasteiger partial charge in [-0.05, 0) is 54.3 Å². The summed E-state index contributed by atoms with van der Waals surface area (Å²) in [5.74, 6) is -2.07. The topological polar surface area (TPSA) is 191 Å². The van der Waals surface area contributed by atoms with E-state index in [0.29, 0.717) is 23.3 Å². The second kappa shape index (κ2) is 28.5. The Morgan fingerprint density at radius 3 is 1.98 bits per heavy atom. The molecule has 0 spiro atoms. The van der Waals surface area contributed by atoms with E-state index in [1.54, 1.807) is 67.8 Å². The van der Waals surface area contributed by atoms with Crippen LogP contribution in [0.1, 0.15) is 121 Å². The molecule has 15 nitrogen and oxygen atoms in total. The van der Waals surface area contributed by atoms with E-state index >= 15 is 0 Å².